The number of hydrogen-bond donors (Lipinski definition) is 1. The maximum absolute atomic E-state index is 12.6. The third-order valence-corrected chi connectivity index (χ3v) is 5.85. The first kappa shape index (κ1) is 22.8. The highest BCUT2D eigenvalue weighted by molar-refractivity contribution is 5.92. The molecule has 2 amide bonds. The first-order chi connectivity index (χ1) is 15.0. The van der Waals surface area contributed by atoms with Crippen molar-refractivity contribution >= 4 is 17.9 Å². The highest BCUT2D eigenvalue weighted by atomic mass is 16.2. The number of carbonyl (C=O) groups excluding carboxylic acids is 2. The number of hydrogen-bond acceptors (Lipinski definition) is 3. The van der Waals surface area contributed by atoms with Crippen molar-refractivity contribution in [1.29, 1.82) is 0 Å². The number of rotatable bonds is 8. The minimum absolute atomic E-state index is 0.0107. The van der Waals surface area contributed by atoms with E-state index in [-0.39, 0.29) is 17.7 Å². The van der Waals surface area contributed by atoms with Gasteiger partial charge in [0.15, 0.2) is 0 Å². The van der Waals surface area contributed by atoms with Gasteiger partial charge >= 0.3 is 0 Å². The summed E-state index contributed by atoms with van der Waals surface area (Å²) in [5.74, 6) is 0.0659. The van der Waals surface area contributed by atoms with Crippen LogP contribution in [0.15, 0.2) is 60.7 Å². The van der Waals surface area contributed by atoms with Crippen LogP contribution in [0.1, 0.15) is 36.5 Å². The molecule has 0 bridgehead atoms. The van der Waals surface area contributed by atoms with E-state index in [1.165, 1.54) is 5.56 Å². The Balaban J connectivity index is 1.43. The Bertz CT molecular complexity index is 887. The molecule has 0 unspecified atom stereocenters. The van der Waals surface area contributed by atoms with Gasteiger partial charge in [-0.2, -0.15) is 0 Å². The number of likely N-dealkylation sites (tertiary alicyclic amines) is 1. The molecule has 0 atom stereocenters. The van der Waals surface area contributed by atoms with E-state index in [9.17, 15) is 9.59 Å². The molecule has 1 aliphatic heterocycles. The van der Waals surface area contributed by atoms with Gasteiger partial charge in [-0.15, -0.1) is 0 Å². The van der Waals surface area contributed by atoms with E-state index in [4.69, 9.17) is 0 Å². The van der Waals surface area contributed by atoms with Crippen LogP contribution in [0.3, 0.4) is 0 Å². The molecule has 2 aromatic carbocycles. The monoisotopic (exact) mass is 419 g/mol. The lowest BCUT2D eigenvalue weighted by molar-refractivity contribution is -0.132. The largest absolute Gasteiger partial charge is 0.352 e. The van der Waals surface area contributed by atoms with E-state index in [2.05, 4.69) is 42.4 Å². The van der Waals surface area contributed by atoms with E-state index < -0.39 is 0 Å². The van der Waals surface area contributed by atoms with Crippen LogP contribution in [0.2, 0.25) is 0 Å². The zero-order valence-corrected chi connectivity index (χ0v) is 18.6. The molecule has 0 spiro atoms. The molecule has 0 radical (unpaired) electrons. The van der Waals surface area contributed by atoms with E-state index in [0.717, 1.165) is 24.2 Å². The van der Waals surface area contributed by atoms with E-state index in [1.807, 2.05) is 47.4 Å². The molecule has 0 aliphatic carbocycles. The average Bonchev–Trinajstić information content (AvgIpc) is 2.82. The number of piperidine rings is 1. The Morgan fingerprint density at radius 1 is 1.06 bits per heavy atom. The summed E-state index contributed by atoms with van der Waals surface area (Å²) in [6.07, 6.45) is 4.88. The summed E-state index contributed by atoms with van der Waals surface area (Å²) in [5.41, 5.74) is 3.39. The number of carbonyl (C=O) groups is 2. The van der Waals surface area contributed by atoms with Crippen molar-refractivity contribution in [3.05, 3.63) is 77.4 Å². The van der Waals surface area contributed by atoms with E-state index >= 15 is 0 Å². The summed E-state index contributed by atoms with van der Waals surface area (Å²) < 4.78 is 0. The lowest BCUT2D eigenvalue weighted by atomic mass is 9.95. The van der Waals surface area contributed by atoms with Crippen molar-refractivity contribution in [3.8, 4) is 0 Å². The average molecular weight is 420 g/mol. The molecule has 5 nitrogen and oxygen atoms in total. The lowest BCUT2D eigenvalue weighted by Crippen LogP contribution is -2.42. The second-order valence-corrected chi connectivity index (χ2v) is 8.21. The van der Waals surface area contributed by atoms with Gasteiger partial charge < -0.3 is 15.1 Å². The molecule has 0 aromatic heterocycles. The quantitative estimate of drug-likeness (QED) is 0.664. The van der Waals surface area contributed by atoms with Crippen molar-refractivity contribution in [1.82, 2.24) is 15.1 Å². The third-order valence-electron chi connectivity index (χ3n) is 5.85. The van der Waals surface area contributed by atoms with E-state index in [0.29, 0.717) is 32.5 Å². The summed E-state index contributed by atoms with van der Waals surface area (Å²) in [4.78, 5) is 29.1. The van der Waals surface area contributed by atoms with Crippen molar-refractivity contribution in [2.45, 2.75) is 32.9 Å². The van der Waals surface area contributed by atoms with Gasteiger partial charge in [-0.1, -0.05) is 61.5 Å². The van der Waals surface area contributed by atoms with Crippen LogP contribution >= 0.6 is 0 Å². The molecule has 1 saturated heterocycles. The van der Waals surface area contributed by atoms with Crippen LogP contribution in [0, 0.1) is 5.92 Å². The van der Waals surface area contributed by atoms with Crippen LogP contribution in [-0.4, -0.2) is 48.3 Å². The Morgan fingerprint density at radius 2 is 1.77 bits per heavy atom. The first-order valence-corrected chi connectivity index (χ1v) is 11.1. The molecule has 5 heteroatoms. The van der Waals surface area contributed by atoms with Crippen molar-refractivity contribution in [2.24, 2.45) is 5.92 Å². The molecule has 2 aromatic rings. The molecule has 0 saturated carbocycles. The molecular formula is C26H33N3O2. The van der Waals surface area contributed by atoms with Crippen LogP contribution in [-0.2, 0) is 22.7 Å². The van der Waals surface area contributed by atoms with Gasteiger partial charge in [-0.05, 0) is 49.2 Å². The number of nitrogens with zero attached hydrogens (tertiary/aromatic N) is 2. The van der Waals surface area contributed by atoms with Gasteiger partial charge in [0.05, 0.1) is 0 Å². The standard InChI is InChI=1S/C26H33N3O2/c1-3-28(2)20-23-11-7-10-22(18-23)19-27-26(31)24-14-16-29(17-15-24)25(30)13-12-21-8-5-4-6-9-21/h4-13,18,24H,3,14-17,19-20H2,1-2H3,(H,27,31)/b13-12-. The molecule has 1 aliphatic rings. The smallest absolute Gasteiger partial charge is 0.246 e. The molecule has 1 N–H and O–H groups in total. The number of nitrogens with one attached hydrogen (secondary N) is 1. The van der Waals surface area contributed by atoms with Crippen molar-refractivity contribution < 1.29 is 9.59 Å². The summed E-state index contributed by atoms with van der Waals surface area (Å²) >= 11 is 0. The molecule has 1 heterocycles. The zero-order chi connectivity index (χ0) is 22.1. The second kappa shape index (κ2) is 11.5. The maximum Gasteiger partial charge on any atom is 0.246 e. The van der Waals surface area contributed by atoms with Gasteiger partial charge in [-0.25, -0.2) is 0 Å². The van der Waals surface area contributed by atoms with Gasteiger partial charge in [0.2, 0.25) is 11.8 Å². The van der Waals surface area contributed by atoms with Gasteiger partial charge in [0.1, 0.15) is 0 Å². The summed E-state index contributed by atoms with van der Waals surface area (Å²) in [7, 11) is 2.10. The summed E-state index contributed by atoms with van der Waals surface area (Å²) in [5, 5.41) is 3.08. The third kappa shape index (κ3) is 7.07. The lowest BCUT2D eigenvalue weighted by Gasteiger charge is -2.30. The fourth-order valence-corrected chi connectivity index (χ4v) is 3.79. The number of amides is 2. The molecule has 3 rings (SSSR count). The predicted octanol–water partition coefficient (Wildman–Crippen LogP) is 3.71. The van der Waals surface area contributed by atoms with Crippen LogP contribution in [0.25, 0.3) is 6.08 Å². The minimum Gasteiger partial charge on any atom is -0.352 e. The molecule has 31 heavy (non-hydrogen) atoms. The highest BCUT2D eigenvalue weighted by Gasteiger charge is 2.26. The molecular weight excluding hydrogens is 386 g/mol. The first-order valence-electron chi connectivity index (χ1n) is 11.1. The zero-order valence-electron chi connectivity index (χ0n) is 18.6. The Kier molecular flexibility index (Phi) is 8.42. The fourth-order valence-electron chi connectivity index (χ4n) is 3.79. The Morgan fingerprint density at radius 3 is 2.48 bits per heavy atom. The van der Waals surface area contributed by atoms with Gasteiger partial charge in [0, 0.05) is 38.2 Å². The predicted molar refractivity (Wildman–Crippen MR) is 125 cm³/mol. The second-order valence-electron chi connectivity index (χ2n) is 8.21. The van der Waals surface area contributed by atoms with Gasteiger partial charge in [0.25, 0.3) is 0 Å². The van der Waals surface area contributed by atoms with E-state index in [1.54, 1.807) is 6.08 Å². The van der Waals surface area contributed by atoms with Crippen molar-refractivity contribution in [3.63, 3.8) is 0 Å². The summed E-state index contributed by atoms with van der Waals surface area (Å²) in [6, 6.07) is 18.2. The van der Waals surface area contributed by atoms with Crippen LogP contribution in [0.5, 0.6) is 0 Å². The summed E-state index contributed by atoms with van der Waals surface area (Å²) in [6.45, 7) is 5.83. The molecule has 164 valence electrons. The Labute approximate surface area is 185 Å². The highest BCUT2D eigenvalue weighted by Crippen LogP contribution is 2.18. The number of benzene rings is 2. The molecule has 1 fully saturated rings. The van der Waals surface area contributed by atoms with Crippen LogP contribution < -0.4 is 5.32 Å². The van der Waals surface area contributed by atoms with Crippen LogP contribution in [0.4, 0.5) is 0 Å². The normalized spacial score (nSPS) is 14.9. The maximum atomic E-state index is 12.6. The van der Waals surface area contributed by atoms with Gasteiger partial charge in [-0.3, -0.25) is 9.59 Å². The SMILES string of the molecule is CCN(C)Cc1cccc(CNC(=O)C2CCN(C(=O)/C=C\c3ccccc3)CC2)c1. The fraction of sp³-hybridized carbons (Fsp3) is 0.385. The van der Waals surface area contributed by atoms with Crippen molar-refractivity contribution in [2.75, 3.05) is 26.7 Å². The Hall–Kier alpha value is -2.92. The minimum atomic E-state index is -0.0310. The topological polar surface area (TPSA) is 52.7 Å².